The Morgan fingerprint density at radius 2 is 1.50 bits per heavy atom. The van der Waals surface area contributed by atoms with Gasteiger partial charge in [-0.1, -0.05) is 39.0 Å². The summed E-state index contributed by atoms with van der Waals surface area (Å²) in [6.45, 7) is 6.04. The van der Waals surface area contributed by atoms with Crippen molar-refractivity contribution in [2.24, 2.45) is 0 Å². The molecule has 1 amide bonds. The van der Waals surface area contributed by atoms with Crippen LogP contribution in [0.25, 0.3) is 0 Å². The van der Waals surface area contributed by atoms with Crippen LogP contribution in [0.5, 0.6) is 0 Å². The Morgan fingerprint density at radius 1 is 0.944 bits per heavy atom. The second-order valence-corrected chi connectivity index (χ2v) is 5.77. The molecule has 0 unspecified atom stereocenters. The third-order valence-corrected chi connectivity index (χ3v) is 4.56. The second kappa shape index (κ2) is 7.13. The third kappa shape index (κ3) is 3.71. The molecule has 2 fully saturated rings. The number of carbonyl (C=O) groups is 1. The van der Waals surface area contributed by atoms with Gasteiger partial charge in [0, 0.05) is 38.6 Å². The van der Waals surface area contributed by atoms with Gasteiger partial charge in [0.2, 0.25) is 5.91 Å². The van der Waals surface area contributed by atoms with E-state index < -0.39 is 0 Å². The number of piperazine rings is 1. The first kappa shape index (κ1) is 13.9. The van der Waals surface area contributed by atoms with Crippen molar-refractivity contribution in [1.29, 1.82) is 0 Å². The minimum atomic E-state index is 0.326. The van der Waals surface area contributed by atoms with Crippen LogP contribution in [0.3, 0.4) is 0 Å². The van der Waals surface area contributed by atoms with E-state index in [1.807, 2.05) is 11.8 Å². The van der Waals surface area contributed by atoms with E-state index in [0.717, 1.165) is 32.2 Å². The molecule has 2 rings (SSSR count). The SMILES string of the molecule is CCC(=O)N1CCN(C2CCCCCCC2)CC1. The summed E-state index contributed by atoms with van der Waals surface area (Å²) in [7, 11) is 0. The summed E-state index contributed by atoms with van der Waals surface area (Å²) in [5.41, 5.74) is 0. The van der Waals surface area contributed by atoms with Gasteiger partial charge >= 0.3 is 0 Å². The van der Waals surface area contributed by atoms with Gasteiger partial charge in [0.05, 0.1) is 0 Å². The predicted octanol–water partition coefficient (Wildman–Crippen LogP) is 2.65. The number of nitrogens with zero attached hydrogens (tertiary/aromatic N) is 2. The summed E-state index contributed by atoms with van der Waals surface area (Å²) in [5, 5.41) is 0. The zero-order chi connectivity index (χ0) is 12.8. The number of rotatable bonds is 2. The highest BCUT2D eigenvalue weighted by molar-refractivity contribution is 5.75. The molecule has 0 aromatic carbocycles. The average Bonchev–Trinajstić information content (AvgIpc) is 2.38. The fourth-order valence-electron chi connectivity index (χ4n) is 3.36. The van der Waals surface area contributed by atoms with Gasteiger partial charge in [0.15, 0.2) is 0 Å². The van der Waals surface area contributed by atoms with Crippen molar-refractivity contribution in [2.45, 2.75) is 64.3 Å². The van der Waals surface area contributed by atoms with Crippen LogP contribution in [-0.2, 0) is 4.79 Å². The fourth-order valence-corrected chi connectivity index (χ4v) is 3.36. The van der Waals surface area contributed by atoms with Crippen LogP contribution in [0.4, 0.5) is 0 Å². The molecule has 0 bridgehead atoms. The highest BCUT2D eigenvalue weighted by atomic mass is 16.2. The zero-order valence-electron chi connectivity index (χ0n) is 11.9. The van der Waals surface area contributed by atoms with Crippen LogP contribution in [0, 0.1) is 0 Å². The first-order chi connectivity index (χ1) is 8.81. The van der Waals surface area contributed by atoms with E-state index in [-0.39, 0.29) is 0 Å². The molecule has 0 aromatic heterocycles. The van der Waals surface area contributed by atoms with Gasteiger partial charge in [0.25, 0.3) is 0 Å². The Bertz CT molecular complexity index is 251. The molecular formula is C15H28N2O. The fraction of sp³-hybridized carbons (Fsp3) is 0.933. The lowest BCUT2D eigenvalue weighted by atomic mass is 9.95. The van der Waals surface area contributed by atoms with E-state index in [1.54, 1.807) is 0 Å². The largest absolute Gasteiger partial charge is 0.340 e. The lowest BCUT2D eigenvalue weighted by molar-refractivity contribution is -0.133. The van der Waals surface area contributed by atoms with Crippen LogP contribution in [-0.4, -0.2) is 47.9 Å². The Morgan fingerprint density at radius 3 is 2.06 bits per heavy atom. The molecule has 3 nitrogen and oxygen atoms in total. The van der Waals surface area contributed by atoms with E-state index >= 15 is 0 Å². The van der Waals surface area contributed by atoms with E-state index in [4.69, 9.17) is 0 Å². The first-order valence-corrected chi connectivity index (χ1v) is 7.83. The molecule has 0 spiro atoms. The molecule has 1 heterocycles. The van der Waals surface area contributed by atoms with E-state index in [0.29, 0.717) is 12.3 Å². The number of hydrogen-bond donors (Lipinski definition) is 0. The van der Waals surface area contributed by atoms with Crippen molar-refractivity contribution in [3.8, 4) is 0 Å². The summed E-state index contributed by atoms with van der Waals surface area (Å²) in [4.78, 5) is 16.3. The normalized spacial score (nSPS) is 24.6. The van der Waals surface area contributed by atoms with Crippen molar-refractivity contribution in [3.05, 3.63) is 0 Å². The Balaban J connectivity index is 1.78. The van der Waals surface area contributed by atoms with Crippen LogP contribution in [0.2, 0.25) is 0 Å². The summed E-state index contributed by atoms with van der Waals surface area (Å²) >= 11 is 0. The van der Waals surface area contributed by atoms with Crippen molar-refractivity contribution in [1.82, 2.24) is 9.80 Å². The van der Waals surface area contributed by atoms with Crippen molar-refractivity contribution in [2.75, 3.05) is 26.2 Å². The van der Waals surface area contributed by atoms with Gasteiger partial charge in [-0.25, -0.2) is 0 Å². The van der Waals surface area contributed by atoms with Crippen LogP contribution in [0.15, 0.2) is 0 Å². The van der Waals surface area contributed by atoms with Gasteiger partial charge < -0.3 is 4.90 Å². The molecule has 3 heteroatoms. The number of carbonyl (C=O) groups excluding carboxylic acids is 1. The van der Waals surface area contributed by atoms with Gasteiger partial charge in [-0.2, -0.15) is 0 Å². The molecule has 0 radical (unpaired) electrons. The molecule has 0 N–H and O–H groups in total. The minimum absolute atomic E-state index is 0.326. The van der Waals surface area contributed by atoms with Gasteiger partial charge in [0.1, 0.15) is 0 Å². The Hall–Kier alpha value is -0.570. The molecule has 2 aliphatic rings. The number of amides is 1. The van der Waals surface area contributed by atoms with Crippen molar-refractivity contribution >= 4 is 5.91 Å². The van der Waals surface area contributed by atoms with Crippen LogP contribution < -0.4 is 0 Å². The third-order valence-electron chi connectivity index (χ3n) is 4.56. The Labute approximate surface area is 112 Å². The maximum absolute atomic E-state index is 11.7. The topological polar surface area (TPSA) is 23.6 Å². The lowest BCUT2D eigenvalue weighted by Gasteiger charge is -2.40. The van der Waals surface area contributed by atoms with Crippen molar-refractivity contribution in [3.63, 3.8) is 0 Å². The molecule has 104 valence electrons. The highest BCUT2D eigenvalue weighted by Crippen LogP contribution is 2.22. The quantitative estimate of drug-likeness (QED) is 0.754. The van der Waals surface area contributed by atoms with Crippen molar-refractivity contribution < 1.29 is 4.79 Å². The van der Waals surface area contributed by atoms with Gasteiger partial charge in [-0.05, 0) is 12.8 Å². The predicted molar refractivity (Wildman–Crippen MR) is 74.6 cm³/mol. The molecule has 0 aromatic rings. The highest BCUT2D eigenvalue weighted by Gasteiger charge is 2.25. The molecule has 1 saturated heterocycles. The van der Waals surface area contributed by atoms with E-state index in [2.05, 4.69) is 4.90 Å². The first-order valence-electron chi connectivity index (χ1n) is 7.83. The average molecular weight is 252 g/mol. The molecule has 1 aliphatic carbocycles. The zero-order valence-corrected chi connectivity index (χ0v) is 11.9. The second-order valence-electron chi connectivity index (χ2n) is 5.77. The smallest absolute Gasteiger partial charge is 0.222 e. The maximum Gasteiger partial charge on any atom is 0.222 e. The lowest BCUT2D eigenvalue weighted by Crippen LogP contribution is -2.51. The summed E-state index contributed by atoms with van der Waals surface area (Å²) in [5.74, 6) is 0.326. The Kier molecular flexibility index (Phi) is 5.48. The number of hydrogen-bond acceptors (Lipinski definition) is 2. The molecular weight excluding hydrogens is 224 g/mol. The molecule has 1 saturated carbocycles. The monoisotopic (exact) mass is 252 g/mol. The van der Waals surface area contributed by atoms with Crippen LogP contribution >= 0.6 is 0 Å². The molecule has 1 aliphatic heterocycles. The van der Waals surface area contributed by atoms with Gasteiger partial charge in [-0.15, -0.1) is 0 Å². The summed E-state index contributed by atoms with van der Waals surface area (Å²) < 4.78 is 0. The van der Waals surface area contributed by atoms with E-state index in [9.17, 15) is 4.79 Å². The maximum atomic E-state index is 11.7. The van der Waals surface area contributed by atoms with Gasteiger partial charge in [-0.3, -0.25) is 9.69 Å². The minimum Gasteiger partial charge on any atom is -0.340 e. The molecule has 18 heavy (non-hydrogen) atoms. The standard InChI is InChI=1S/C15H28N2O/c1-2-15(18)17-12-10-16(11-13-17)14-8-6-4-3-5-7-9-14/h14H,2-13H2,1H3. The summed E-state index contributed by atoms with van der Waals surface area (Å²) in [6.07, 6.45) is 10.5. The van der Waals surface area contributed by atoms with E-state index in [1.165, 1.54) is 44.9 Å². The summed E-state index contributed by atoms with van der Waals surface area (Å²) in [6, 6.07) is 0.796. The molecule has 0 atom stereocenters. The van der Waals surface area contributed by atoms with Crippen LogP contribution in [0.1, 0.15) is 58.3 Å².